The molecule has 1 unspecified atom stereocenters. The Labute approximate surface area is 136 Å². The molecular weight excluding hydrogens is 298 g/mol. The van der Waals surface area contributed by atoms with Crippen LogP contribution in [0.2, 0.25) is 0 Å². The fraction of sp³-hybridized carbons (Fsp3) is 0.882. The molecular formula is C17H27NO5. The first-order chi connectivity index (χ1) is 10.6. The van der Waals surface area contributed by atoms with Crippen LogP contribution in [0.4, 0.5) is 4.79 Å². The lowest BCUT2D eigenvalue weighted by atomic mass is 9.48. The Kier molecular flexibility index (Phi) is 3.67. The van der Waals surface area contributed by atoms with Crippen molar-refractivity contribution in [3.8, 4) is 0 Å². The van der Waals surface area contributed by atoms with Crippen molar-refractivity contribution in [2.75, 3.05) is 13.1 Å². The van der Waals surface area contributed by atoms with Crippen LogP contribution in [0.5, 0.6) is 0 Å². The quantitative estimate of drug-likeness (QED) is 0.813. The van der Waals surface area contributed by atoms with Crippen molar-refractivity contribution in [3.63, 3.8) is 0 Å². The molecule has 1 saturated heterocycles. The number of hydrogen-bond acceptors (Lipinski definition) is 4. The predicted molar refractivity (Wildman–Crippen MR) is 82.9 cm³/mol. The van der Waals surface area contributed by atoms with Gasteiger partial charge in [0.2, 0.25) is 0 Å². The Hall–Kier alpha value is -1.30. The second kappa shape index (κ2) is 5.10. The molecule has 4 rings (SSSR count). The van der Waals surface area contributed by atoms with Crippen LogP contribution in [0.15, 0.2) is 0 Å². The molecule has 23 heavy (non-hydrogen) atoms. The Balaban J connectivity index is 1.76. The van der Waals surface area contributed by atoms with Gasteiger partial charge in [-0.2, -0.15) is 0 Å². The Morgan fingerprint density at radius 1 is 1.13 bits per heavy atom. The van der Waals surface area contributed by atoms with Gasteiger partial charge in [-0.15, -0.1) is 0 Å². The van der Waals surface area contributed by atoms with Gasteiger partial charge >= 0.3 is 12.1 Å². The fourth-order valence-electron chi connectivity index (χ4n) is 4.84. The van der Waals surface area contributed by atoms with E-state index in [0.29, 0.717) is 12.3 Å². The van der Waals surface area contributed by atoms with E-state index in [1.807, 2.05) is 0 Å². The summed E-state index contributed by atoms with van der Waals surface area (Å²) in [4.78, 5) is 25.6. The van der Waals surface area contributed by atoms with Crippen LogP contribution in [-0.2, 0) is 9.53 Å². The molecule has 1 heterocycles. The van der Waals surface area contributed by atoms with E-state index in [0.717, 1.165) is 25.7 Å². The summed E-state index contributed by atoms with van der Waals surface area (Å²) in [6.07, 6.45) is 3.91. The third-order valence-electron chi connectivity index (χ3n) is 5.92. The molecule has 0 aromatic carbocycles. The van der Waals surface area contributed by atoms with Crippen LogP contribution in [0.25, 0.3) is 0 Å². The third-order valence-corrected chi connectivity index (χ3v) is 5.92. The van der Waals surface area contributed by atoms with Crippen LogP contribution >= 0.6 is 0 Å². The van der Waals surface area contributed by atoms with Crippen LogP contribution in [0.1, 0.15) is 52.9 Å². The fourth-order valence-corrected chi connectivity index (χ4v) is 4.84. The topological polar surface area (TPSA) is 87.1 Å². The first-order valence-corrected chi connectivity index (χ1v) is 8.51. The highest BCUT2D eigenvalue weighted by atomic mass is 16.6. The third kappa shape index (κ3) is 2.51. The van der Waals surface area contributed by atoms with E-state index >= 15 is 0 Å². The summed E-state index contributed by atoms with van der Waals surface area (Å²) < 4.78 is 5.31. The van der Waals surface area contributed by atoms with E-state index in [-0.39, 0.29) is 19.0 Å². The van der Waals surface area contributed by atoms with Gasteiger partial charge in [0.05, 0.1) is 13.1 Å². The molecule has 1 amide bonds. The largest absolute Gasteiger partial charge is 0.481 e. The zero-order valence-corrected chi connectivity index (χ0v) is 14.2. The van der Waals surface area contributed by atoms with Crippen LogP contribution in [-0.4, -0.2) is 51.5 Å². The minimum atomic E-state index is -1.33. The number of fused-ring (bicyclic) bond motifs is 3. The van der Waals surface area contributed by atoms with Crippen molar-refractivity contribution in [3.05, 3.63) is 0 Å². The summed E-state index contributed by atoms with van der Waals surface area (Å²) >= 11 is 0. The number of nitrogens with zero attached hydrogens (tertiary/aromatic N) is 1. The molecule has 0 radical (unpaired) electrons. The standard InChI is InChI=1S/C17H27NO5/c1-15(2,3)23-14(21)18-9-16(22,10-18)17(13(19)20)8-11-4-6-12(17)7-5-11/h11-12,22H,4-10H2,1-3H3,(H,19,20). The van der Waals surface area contributed by atoms with E-state index in [4.69, 9.17) is 4.74 Å². The van der Waals surface area contributed by atoms with E-state index in [1.165, 1.54) is 4.90 Å². The van der Waals surface area contributed by atoms with Gasteiger partial charge in [-0.25, -0.2) is 4.79 Å². The number of β-amino-alcohol motifs (C(OH)–C–C–N with tert-alkyl or cyclic N) is 1. The lowest BCUT2D eigenvalue weighted by Gasteiger charge is -2.61. The van der Waals surface area contributed by atoms with Gasteiger partial charge in [0.25, 0.3) is 0 Å². The van der Waals surface area contributed by atoms with E-state index in [9.17, 15) is 19.8 Å². The molecule has 6 heteroatoms. The van der Waals surface area contributed by atoms with E-state index in [2.05, 4.69) is 0 Å². The molecule has 0 aromatic heterocycles. The van der Waals surface area contributed by atoms with Gasteiger partial charge in [0.15, 0.2) is 0 Å². The monoisotopic (exact) mass is 325 g/mol. The van der Waals surface area contributed by atoms with Crippen molar-refractivity contribution in [1.29, 1.82) is 0 Å². The molecule has 6 nitrogen and oxygen atoms in total. The Bertz CT molecular complexity index is 512. The van der Waals surface area contributed by atoms with Crippen molar-refractivity contribution in [2.45, 2.75) is 64.1 Å². The number of aliphatic hydroxyl groups is 1. The minimum Gasteiger partial charge on any atom is -0.481 e. The van der Waals surface area contributed by atoms with E-state index < -0.39 is 28.7 Å². The lowest BCUT2D eigenvalue weighted by molar-refractivity contribution is -0.230. The highest BCUT2D eigenvalue weighted by molar-refractivity contribution is 5.79. The molecule has 1 aliphatic heterocycles. The average Bonchev–Trinajstić information content (AvgIpc) is 2.42. The number of carboxylic acid groups (broad SMARTS) is 1. The number of hydrogen-bond donors (Lipinski definition) is 2. The van der Waals surface area contributed by atoms with Crippen molar-refractivity contribution in [1.82, 2.24) is 4.90 Å². The van der Waals surface area contributed by atoms with Crippen LogP contribution < -0.4 is 0 Å². The molecule has 130 valence electrons. The maximum Gasteiger partial charge on any atom is 0.410 e. The Morgan fingerprint density at radius 3 is 2.09 bits per heavy atom. The number of amides is 1. The molecule has 3 saturated carbocycles. The minimum absolute atomic E-state index is 0.00999. The summed E-state index contributed by atoms with van der Waals surface area (Å²) in [5.41, 5.74) is -3.04. The van der Waals surface area contributed by atoms with Crippen molar-refractivity contribution < 1.29 is 24.5 Å². The molecule has 1 atom stereocenters. The molecule has 3 aliphatic carbocycles. The summed E-state index contributed by atoms with van der Waals surface area (Å²) in [6.45, 7) is 5.47. The summed E-state index contributed by atoms with van der Waals surface area (Å²) in [5, 5.41) is 21.0. The van der Waals surface area contributed by atoms with Gasteiger partial charge in [-0.3, -0.25) is 4.79 Å². The average molecular weight is 325 g/mol. The normalized spacial score (nSPS) is 35.6. The number of carbonyl (C=O) groups excluding carboxylic acids is 1. The number of rotatable bonds is 2. The zero-order chi connectivity index (χ0) is 17.0. The smallest absolute Gasteiger partial charge is 0.410 e. The Morgan fingerprint density at radius 2 is 1.70 bits per heavy atom. The van der Waals surface area contributed by atoms with Crippen LogP contribution in [0, 0.1) is 17.3 Å². The van der Waals surface area contributed by atoms with Crippen LogP contribution in [0.3, 0.4) is 0 Å². The molecule has 0 aromatic rings. The first-order valence-electron chi connectivity index (χ1n) is 8.51. The van der Waals surface area contributed by atoms with Crippen molar-refractivity contribution >= 4 is 12.1 Å². The molecule has 0 spiro atoms. The first kappa shape index (κ1) is 16.6. The number of carbonyl (C=O) groups is 2. The van der Waals surface area contributed by atoms with Gasteiger partial charge in [-0.1, -0.05) is 12.8 Å². The zero-order valence-electron chi connectivity index (χ0n) is 14.2. The number of ether oxygens (including phenoxy) is 1. The number of carboxylic acids is 1. The molecule has 2 bridgehead atoms. The highest BCUT2D eigenvalue weighted by Crippen LogP contribution is 2.59. The predicted octanol–water partition coefficient (Wildman–Crippen LogP) is 2.25. The van der Waals surface area contributed by atoms with Gasteiger partial charge < -0.3 is 19.8 Å². The summed E-state index contributed by atoms with van der Waals surface area (Å²) in [6, 6.07) is 0. The number of likely N-dealkylation sites (tertiary alicyclic amines) is 1. The second-order valence-corrected chi connectivity index (χ2v) is 8.57. The van der Waals surface area contributed by atoms with E-state index in [1.54, 1.807) is 20.8 Å². The maximum absolute atomic E-state index is 12.1. The van der Waals surface area contributed by atoms with Gasteiger partial charge in [-0.05, 0) is 51.9 Å². The van der Waals surface area contributed by atoms with Crippen molar-refractivity contribution in [2.24, 2.45) is 17.3 Å². The lowest BCUT2D eigenvalue weighted by Crippen LogP contribution is -2.76. The van der Waals surface area contributed by atoms with Gasteiger partial charge in [0.1, 0.15) is 16.6 Å². The number of aliphatic carboxylic acids is 1. The molecule has 2 N–H and O–H groups in total. The molecule has 4 fully saturated rings. The maximum atomic E-state index is 12.1. The highest BCUT2D eigenvalue weighted by Gasteiger charge is 2.68. The summed E-state index contributed by atoms with van der Waals surface area (Å²) in [5.74, 6) is -0.510. The summed E-state index contributed by atoms with van der Waals surface area (Å²) in [7, 11) is 0. The second-order valence-electron chi connectivity index (χ2n) is 8.57. The van der Waals surface area contributed by atoms with Gasteiger partial charge in [0, 0.05) is 0 Å². The molecule has 4 aliphatic rings. The SMILES string of the molecule is CC(C)(C)OC(=O)N1CC(O)(C2(C(=O)O)CC3CCC2CC3)C1.